The molecule has 1 aliphatic carbocycles. The molecule has 1 fully saturated rings. The highest BCUT2D eigenvalue weighted by molar-refractivity contribution is 7.98. The van der Waals surface area contributed by atoms with Crippen LogP contribution in [0, 0.1) is 5.92 Å². The molecule has 0 amide bonds. The van der Waals surface area contributed by atoms with E-state index in [0.29, 0.717) is 6.04 Å². The normalized spacial score (nSPS) is 28.6. The SMILES string of the molecule is CNC1CCCC1CN(C)C(C)CSC. The van der Waals surface area contributed by atoms with Gasteiger partial charge >= 0.3 is 0 Å². The summed E-state index contributed by atoms with van der Waals surface area (Å²) in [6.07, 6.45) is 6.37. The van der Waals surface area contributed by atoms with Gasteiger partial charge in [-0.15, -0.1) is 0 Å². The number of thioether (sulfide) groups is 1. The Balaban J connectivity index is 2.33. The first-order valence-corrected chi connectivity index (χ1v) is 7.44. The molecule has 0 saturated heterocycles. The summed E-state index contributed by atoms with van der Waals surface area (Å²) < 4.78 is 0. The van der Waals surface area contributed by atoms with Gasteiger partial charge in [0.2, 0.25) is 0 Å². The van der Waals surface area contributed by atoms with Crippen molar-refractivity contribution in [1.29, 1.82) is 0 Å². The van der Waals surface area contributed by atoms with Crippen LogP contribution >= 0.6 is 11.8 Å². The molecule has 3 heteroatoms. The van der Waals surface area contributed by atoms with Crippen molar-refractivity contribution < 1.29 is 0 Å². The van der Waals surface area contributed by atoms with E-state index in [2.05, 4.69) is 37.5 Å². The van der Waals surface area contributed by atoms with E-state index in [1.807, 2.05) is 11.8 Å². The van der Waals surface area contributed by atoms with E-state index in [4.69, 9.17) is 0 Å². The van der Waals surface area contributed by atoms with Crippen LogP contribution in [0.2, 0.25) is 0 Å². The molecule has 2 nitrogen and oxygen atoms in total. The minimum atomic E-state index is 0.707. The lowest BCUT2D eigenvalue weighted by molar-refractivity contribution is 0.218. The van der Waals surface area contributed by atoms with Gasteiger partial charge < -0.3 is 10.2 Å². The smallest absolute Gasteiger partial charge is 0.0155 e. The summed E-state index contributed by atoms with van der Waals surface area (Å²) in [6, 6.07) is 1.46. The average molecular weight is 230 g/mol. The van der Waals surface area contributed by atoms with Gasteiger partial charge in [0.25, 0.3) is 0 Å². The van der Waals surface area contributed by atoms with Gasteiger partial charge in [0.05, 0.1) is 0 Å². The third-order valence-corrected chi connectivity index (χ3v) is 4.53. The Labute approximate surface area is 99.2 Å². The van der Waals surface area contributed by atoms with Gasteiger partial charge in [-0.05, 0) is 46.0 Å². The molecule has 1 aliphatic rings. The molecule has 15 heavy (non-hydrogen) atoms. The summed E-state index contributed by atoms with van der Waals surface area (Å²) in [5, 5.41) is 3.46. The Bertz CT molecular complexity index is 175. The van der Waals surface area contributed by atoms with Crippen molar-refractivity contribution in [2.24, 2.45) is 5.92 Å². The monoisotopic (exact) mass is 230 g/mol. The topological polar surface area (TPSA) is 15.3 Å². The molecule has 3 atom stereocenters. The van der Waals surface area contributed by atoms with Crippen LogP contribution in [-0.4, -0.2) is 49.6 Å². The summed E-state index contributed by atoms with van der Waals surface area (Å²) in [5.41, 5.74) is 0. The third-order valence-electron chi connectivity index (χ3n) is 3.71. The first kappa shape index (κ1) is 13.3. The fraction of sp³-hybridized carbons (Fsp3) is 1.00. The van der Waals surface area contributed by atoms with Crippen LogP contribution in [0.3, 0.4) is 0 Å². The highest BCUT2D eigenvalue weighted by Gasteiger charge is 2.27. The lowest BCUT2D eigenvalue weighted by Crippen LogP contribution is -2.40. The van der Waals surface area contributed by atoms with Gasteiger partial charge in [0, 0.05) is 24.4 Å². The zero-order valence-corrected chi connectivity index (χ0v) is 11.4. The van der Waals surface area contributed by atoms with Crippen LogP contribution < -0.4 is 5.32 Å². The van der Waals surface area contributed by atoms with Gasteiger partial charge in [-0.25, -0.2) is 0 Å². The highest BCUT2D eigenvalue weighted by Crippen LogP contribution is 2.26. The Morgan fingerprint density at radius 1 is 1.47 bits per heavy atom. The quantitative estimate of drug-likeness (QED) is 0.752. The van der Waals surface area contributed by atoms with Crippen LogP contribution in [0.25, 0.3) is 0 Å². The van der Waals surface area contributed by atoms with E-state index in [0.717, 1.165) is 12.0 Å². The minimum Gasteiger partial charge on any atom is -0.317 e. The van der Waals surface area contributed by atoms with E-state index in [-0.39, 0.29) is 0 Å². The Morgan fingerprint density at radius 2 is 2.20 bits per heavy atom. The number of hydrogen-bond donors (Lipinski definition) is 1. The molecular formula is C12H26N2S. The van der Waals surface area contributed by atoms with Crippen LogP contribution in [0.5, 0.6) is 0 Å². The third kappa shape index (κ3) is 3.97. The van der Waals surface area contributed by atoms with Crippen molar-refractivity contribution >= 4 is 11.8 Å². The van der Waals surface area contributed by atoms with Gasteiger partial charge in [-0.3, -0.25) is 0 Å². The maximum absolute atomic E-state index is 3.46. The van der Waals surface area contributed by atoms with E-state index < -0.39 is 0 Å². The highest BCUT2D eigenvalue weighted by atomic mass is 32.2. The summed E-state index contributed by atoms with van der Waals surface area (Å²) in [4.78, 5) is 2.52. The fourth-order valence-corrected chi connectivity index (χ4v) is 3.29. The molecule has 1 rings (SSSR count). The fourth-order valence-electron chi connectivity index (χ4n) is 2.55. The maximum atomic E-state index is 3.46. The molecule has 1 N–H and O–H groups in total. The predicted molar refractivity (Wildman–Crippen MR) is 70.7 cm³/mol. The number of nitrogens with one attached hydrogen (secondary N) is 1. The molecule has 0 aromatic carbocycles. The molecule has 0 aromatic rings. The van der Waals surface area contributed by atoms with Crippen LogP contribution in [0.1, 0.15) is 26.2 Å². The maximum Gasteiger partial charge on any atom is 0.0155 e. The van der Waals surface area contributed by atoms with Gasteiger partial charge in [0.15, 0.2) is 0 Å². The molecule has 3 unspecified atom stereocenters. The molecule has 0 heterocycles. The zero-order valence-electron chi connectivity index (χ0n) is 10.6. The van der Waals surface area contributed by atoms with Crippen molar-refractivity contribution in [1.82, 2.24) is 10.2 Å². The Morgan fingerprint density at radius 3 is 2.80 bits per heavy atom. The van der Waals surface area contributed by atoms with Gasteiger partial charge in [-0.1, -0.05) is 6.42 Å². The number of hydrogen-bond acceptors (Lipinski definition) is 3. The summed E-state index contributed by atoms with van der Waals surface area (Å²) in [6.45, 7) is 3.59. The summed E-state index contributed by atoms with van der Waals surface area (Å²) in [5.74, 6) is 2.11. The van der Waals surface area contributed by atoms with Crippen molar-refractivity contribution in [2.45, 2.75) is 38.3 Å². The van der Waals surface area contributed by atoms with E-state index in [1.165, 1.54) is 31.6 Å². The lowest BCUT2D eigenvalue weighted by atomic mass is 10.0. The number of nitrogens with zero attached hydrogens (tertiary/aromatic N) is 1. The van der Waals surface area contributed by atoms with Crippen molar-refractivity contribution in [3.8, 4) is 0 Å². The average Bonchev–Trinajstić information content (AvgIpc) is 2.65. The first-order chi connectivity index (χ1) is 7.19. The van der Waals surface area contributed by atoms with Gasteiger partial charge in [0.1, 0.15) is 0 Å². The summed E-state index contributed by atoms with van der Waals surface area (Å²) in [7, 11) is 4.38. The lowest BCUT2D eigenvalue weighted by Gasteiger charge is -2.29. The van der Waals surface area contributed by atoms with Crippen molar-refractivity contribution in [2.75, 3.05) is 32.6 Å². The second kappa shape index (κ2) is 6.77. The molecule has 90 valence electrons. The van der Waals surface area contributed by atoms with Crippen LogP contribution in [0.15, 0.2) is 0 Å². The molecule has 0 aliphatic heterocycles. The molecule has 0 bridgehead atoms. The second-order valence-electron chi connectivity index (χ2n) is 4.83. The largest absolute Gasteiger partial charge is 0.317 e. The standard InChI is InChI=1S/C12H26N2S/c1-10(9-15-4)14(3)8-11-6-5-7-12(11)13-2/h10-13H,5-9H2,1-4H3. The van der Waals surface area contributed by atoms with Crippen LogP contribution in [-0.2, 0) is 0 Å². The van der Waals surface area contributed by atoms with Crippen LogP contribution in [0.4, 0.5) is 0 Å². The molecule has 1 saturated carbocycles. The number of rotatable bonds is 6. The Hall–Kier alpha value is 0.270. The zero-order chi connectivity index (χ0) is 11.3. The van der Waals surface area contributed by atoms with Crippen molar-refractivity contribution in [3.05, 3.63) is 0 Å². The first-order valence-electron chi connectivity index (χ1n) is 6.05. The van der Waals surface area contributed by atoms with E-state index >= 15 is 0 Å². The van der Waals surface area contributed by atoms with Crippen molar-refractivity contribution in [3.63, 3.8) is 0 Å². The van der Waals surface area contributed by atoms with E-state index in [9.17, 15) is 0 Å². The second-order valence-corrected chi connectivity index (χ2v) is 5.74. The van der Waals surface area contributed by atoms with Gasteiger partial charge in [-0.2, -0.15) is 11.8 Å². The predicted octanol–water partition coefficient (Wildman–Crippen LogP) is 2.06. The Kier molecular flexibility index (Phi) is 6.02. The molecule has 0 radical (unpaired) electrons. The minimum absolute atomic E-state index is 0.707. The summed E-state index contributed by atoms with van der Waals surface area (Å²) >= 11 is 1.95. The molecular weight excluding hydrogens is 204 g/mol. The molecule has 0 spiro atoms. The molecule has 0 aromatic heterocycles. The van der Waals surface area contributed by atoms with E-state index in [1.54, 1.807) is 0 Å².